The van der Waals surface area contributed by atoms with Crippen molar-refractivity contribution in [1.29, 1.82) is 0 Å². The molecule has 2 aliphatic heterocycles. The second-order valence-electron chi connectivity index (χ2n) is 6.63. The van der Waals surface area contributed by atoms with Crippen LogP contribution >= 0.6 is 0 Å². The van der Waals surface area contributed by atoms with Gasteiger partial charge in [0, 0.05) is 24.2 Å². The number of benzene rings is 2. The van der Waals surface area contributed by atoms with Crippen molar-refractivity contribution in [1.82, 2.24) is 0 Å². The van der Waals surface area contributed by atoms with Gasteiger partial charge in [0.15, 0.2) is 11.5 Å². The summed E-state index contributed by atoms with van der Waals surface area (Å²) in [6.07, 6.45) is 1.80. The van der Waals surface area contributed by atoms with E-state index in [4.69, 9.17) is 14.3 Å². The van der Waals surface area contributed by atoms with E-state index in [0.29, 0.717) is 24.5 Å². The Morgan fingerprint density at radius 2 is 1.96 bits per heavy atom. The number of ether oxygens (including phenoxy) is 2. The lowest BCUT2D eigenvalue weighted by atomic mass is 9.99. The third kappa shape index (κ3) is 3.23. The Morgan fingerprint density at radius 3 is 2.78 bits per heavy atom. The number of amides is 1. The Hall–Kier alpha value is -3.02. The lowest BCUT2D eigenvalue weighted by Crippen LogP contribution is -2.42. The Labute approximate surface area is 158 Å². The molecule has 2 heterocycles. The van der Waals surface area contributed by atoms with Crippen molar-refractivity contribution >= 4 is 17.3 Å². The van der Waals surface area contributed by atoms with Crippen LogP contribution in [0.15, 0.2) is 47.6 Å². The zero-order chi connectivity index (χ0) is 18.8. The minimum Gasteiger partial charge on any atom is -0.493 e. The lowest BCUT2D eigenvalue weighted by molar-refractivity contribution is -0.128. The van der Waals surface area contributed by atoms with Gasteiger partial charge in [-0.1, -0.05) is 23.4 Å². The van der Waals surface area contributed by atoms with Crippen LogP contribution in [0.3, 0.4) is 0 Å². The number of carbonyl (C=O) groups excluding carboxylic acids is 1. The molecule has 27 heavy (non-hydrogen) atoms. The highest BCUT2D eigenvalue weighted by atomic mass is 16.6. The number of nitrogens with zero attached hydrogens (tertiary/aromatic N) is 2. The molecule has 0 aliphatic carbocycles. The number of hydrogen-bond acceptors (Lipinski definition) is 5. The minimum absolute atomic E-state index is 0.0404. The van der Waals surface area contributed by atoms with Gasteiger partial charge in [-0.05, 0) is 42.7 Å². The van der Waals surface area contributed by atoms with Crippen molar-refractivity contribution in [3.8, 4) is 11.5 Å². The number of fused-ring (bicyclic) bond motifs is 1. The monoisotopic (exact) mass is 366 g/mol. The molecular weight excluding hydrogens is 344 g/mol. The summed E-state index contributed by atoms with van der Waals surface area (Å²) in [5.74, 6) is 1.23. The Bertz CT molecular complexity index is 894. The number of anilines is 1. The van der Waals surface area contributed by atoms with Gasteiger partial charge in [-0.2, -0.15) is 0 Å². The van der Waals surface area contributed by atoms with Crippen LogP contribution in [0.25, 0.3) is 0 Å². The summed E-state index contributed by atoms with van der Waals surface area (Å²) in [7, 11) is 3.19. The summed E-state index contributed by atoms with van der Waals surface area (Å²) in [6, 6.07) is 13.6. The van der Waals surface area contributed by atoms with Gasteiger partial charge >= 0.3 is 0 Å². The van der Waals surface area contributed by atoms with Gasteiger partial charge in [0.1, 0.15) is 0 Å². The number of para-hydroxylation sites is 1. The number of aryl methyl sites for hydroxylation is 1. The molecule has 140 valence electrons. The van der Waals surface area contributed by atoms with Crippen LogP contribution in [0.5, 0.6) is 11.5 Å². The molecule has 2 aliphatic rings. The number of carbonyl (C=O) groups is 1. The highest BCUT2D eigenvalue weighted by molar-refractivity contribution is 6.07. The van der Waals surface area contributed by atoms with Crippen LogP contribution in [-0.4, -0.2) is 38.5 Å². The molecule has 2 aromatic carbocycles. The average molecular weight is 366 g/mol. The first-order valence-corrected chi connectivity index (χ1v) is 9.05. The summed E-state index contributed by atoms with van der Waals surface area (Å²) in [5.41, 5.74) is 3.79. The van der Waals surface area contributed by atoms with Crippen LogP contribution < -0.4 is 14.4 Å². The molecule has 0 spiro atoms. The smallest absolute Gasteiger partial charge is 0.271 e. The SMILES string of the molecule is COc1ccc(C2=NO[C@@H](C(=O)N3CCCc4ccccc43)C2)cc1OC. The first kappa shape index (κ1) is 17.4. The van der Waals surface area contributed by atoms with E-state index in [2.05, 4.69) is 11.2 Å². The van der Waals surface area contributed by atoms with E-state index in [1.165, 1.54) is 5.56 Å². The topological polar surface area (TPSA) is 60.4 Å². The summed E-state index contributed by atoms with van der Waals surface area (Å²) in [5, 5.41) is 4.16. The Balaban J connectivity index is 1.51. The molecule has 0 unspecified atom stereocenters. The highest BCUT2D eigenvalue weighted by Gasteiger charge is 2.34. The van der Waals surface area contributed by atoms with E-state index in [0.717, 1.165) is 29.8 Å². The lowest BCUT2D eigenvalue weighted by Gasteiger charge is -2.30. The summed E-state index contributed by atoms with van der Waals surface area (Å²) in [6.45, 7) is 0.710. The number of methoxy groups -OCH3 is 2. The molecule has 2 aromatic rings. The maximum atomic E-state index is 13.0. The molecule has 0 N–H and O–H groups in total. The van der Waals surface area contributed by atoms with Gasteiger partial charge < -0.3 is 19.2 Å². The van der Waals surface area contributed by atoms with Crippen LogP contribution in [0.4, 0.5) is 5.69 Å². The zero-order valence-corrected chi connectivity index (χ0v) is 15.5. The fourth-order valence-corrected chi connectivity index (χ4v) is 3.63. The van der Waals surface area contributed by atoms with Crippen LogP contribution in [-0.2, 0) is 16.1 Å². The minimum atomic E-state index is -0.598. The van der Waals surface area contributed by atoms with Crippen molar-refractivity contribution in [2.24, 2.45) is 5.16 Å². The molecule has 0 aromatic heterocycles. The molecule has 0 saturated carbocycles. The molecule has 0 radical (unpaired) electrons. The molecule has 6 heteroatoms. The van der Waals surface area contributed by atoms with Gasteiger partial charge in [-0.15, -0.1) is 0 Å². The Kier molecular flexibility index (Phi) is 4.71. The normalized spacial score (nSPS) is 18.4. The second kappa shape index (κ2) is 7.31. The van der Waals surface area contributed by atoms with E-state index in [1.54, 1.807) is 14.2 Å². The molecular formula is C21H22N2O4. The average Bonchev–Trinajstić information content (AvgIpc) is 3.22. The number of rotatable bonds is 4. The first-order valence-electron chi connectivity index (χ1n) is 9.05. The van der Waals surface area contributed by atoms with E-state index in [-0.39, 0.29) is 5.91 Å². The van der Waals surface area contributed by atoms with E-state index in [9.17, 15) is 4.79 Å². The van der Waals surface area contributed by atoms with Crippen molar-refractivity contribution < 1.29 is 19.1 Å². The maximum Gasteiger partial charge on any atom is 0.271 e. The highest BCUT2D eigenvalue weighted by Crippen LogP contribution is 2.31. The van der Waals surface area contributed by atoms with Gasteiger partial charge in [0.05, 0.1) is 19.9 Å². The van der Waals surface area contributed by atoms with Crippen molar-refractivity contribution in [3.63, 3.8) is 0 Å². The zero-order valence-electron chi connectivity index (χ0n) is 15.5. The Morgan fingerprint density at radius 1 is 1.15 bits per heavy atom. The third-order valence-corrected chi connectivity index (χ3v) is 5.04. The van der Waals surface area contributed by atoms with E-state index >= 15 is 0 Å². The summed E-state index contributed by atoms with van der Waals surface area (Å²) < 4.78 is 10.6. The quantitative estimate of drug-likeness (QED) is 0.834. The van der Waals surface area contributed by atoms with Crippen LogP contribution in [0.2, 0.25) is 0 Å². The number of oxime groups is 1. The fourth-order valence-electron chi connectivity index (χ4n) is 3.63. The molecule has 1 amide bonds. The third-order valence-electron chi connectivity index (χ3n) is 5.04. The maximum absolute atomic E-state index is 13.0. The molecule has 6 nitrogen and oxygen atoms in total. The van der Waals surface area contributed by atoms with Gasteiger partial charge in [-0.3, -0.25) is 4.79 Å². The number of hydrogen-bond donors (Lipinski definition) is 0. The molecule has 0 saturated heterocycles. The van der Waals surface area contributed by atoms with Crippen LogP contribution in [0, 0.1) is 0 Å². The standard InChI is InChI=1S/C21H22N2O4/c1-25-18-10-9-15(12-19(18)26-2)16-13-20(27-22-16)21(24)23-11-5-7-14-6-3-4-8-17(14)23/h3-4,6,8-10,12,20H,5,7,11,13H2,1-2H3/t20-/m1/s1. The fraction of sp³-hybridized carbons (Fsp3) is 0.333. The van der Waals surface area contributed by atoms with E-state index < -0.39 is 6.10 Å². The molecule has 1 atom stereocenters. The predicted octanol–water partition coefficient (Wildman–Crippen LogP) is 3.18. The van der Waals surface area contributed by atoms with Crippen molar-refractivity contribution in [2.75, 3.05) is 25.7 Å². The summed E-state index contributed by atoms with van der Waals surface area (Å²) in [4.78, 5) is 20.4. The largest absolute Gasteiger partial charge is 0.493 e. The molecule has 4 rings (SSSR count). The molecule has 0 fully saturated rings. The van der Waals surface area contributed by atoms with Crippen molar-refractivity contribution in [2.45, 2.75) is 25.4 Å². The van der Waals surface area contributed by atoms with Crippen molar-refractivity contribution in [3.05, 3.63) is 53.6 Å². The van der Waals surface area contributed by atoms with Crippen LogP contribution in [0.1, 0.15) is 24.0 Å². The van der Waals surface area contributed by atoms with Gasteiger partial charge in [-0.25, -0.2) is 0 Å². The second-order valence-corrected chi connectivity index (χ2v) is 6.63. The van der Waals surface area contributed by atoms with Gasteiger partial charge in [0.2, 0.25) is 6.10 Å². The molecule has 0 bridgehead atoms. The van der Waals surface area contributed by atoms with Gasteiger partial charge in [0.25, 0.3) is 5.91 Å². The predicted molar refractivity (Wildman–Crippen MR) is 103 cm³/mol. The van der Waals surface area contributed by atoms with E-state index in [1.807, 2.05) is 41.3 Å². The summed E-state index contributed by atoms with van der Waals surface area (Å²) >= 11 is 0. The first-order chi connectivity index (χ1) is 13.2.